The molecule has 4 nitrogen and oxygen atoms in total. The smallest absolute Gasteiger partial charge is 0.327 e. The summed E-state index contributed by atoms with van der Waals surface area (Å²) < 4.78 is 0. The van der Waals surface area contributed by atoms with Crippen molar-refractivity contribution in [1.29, 1.82) is 0 Å². The van der Waals surface area contributed by atoms with E-state index < -0.39 is 12.0 Å². The molecule has 0 aliphatic heterocycles. The quantitative estimate of drug-likeness (QED) is 0.132. The van der Waals surface area contributed by atoms with Crippen molar-refractivity contribution < 1.29 is 14.7 Å². The van der Waals surface area contributed by atoms with E-state index in [1.54, 1.807) is 11.8 Å². The van der Waals surface area contributed by atoms with E-state index >= 15 is 0 Å². The van der Waals surface area contributed by atoms with E-state index in [1.807, 2.05) is 0 Å². The minimum absolute atomic E-state index is 0.281. The Labute approximate surface area is 203 Å². The third-order valence-corrected chi connectivity index (χ3v) is 7.25. The summed E-state index contributed by atoms with van der Waals surface area (Å²) in [5.74, 6) is 0.198. The third-order valence-electron chi connectivity index (χ3n) is 6.10. The highest BCUT2D eigenvalue weighted by Crippen LogP contribution is 2.15. The molecule has 1 atom stereocenters. The summed E-state index contributed by atoms with van der Waals surface area (Å²) in [6.45, 7) is 3.64. The maximum Gasteiger partial charge on any atom is 0.327 e. The zero-order valence-corrected chi connectivity index (χ0v) is 22.1. The fraction of sp³-hybridized carbons (Fsp3) is 0.926. The minimum Gasteiger partial charge on any atom is -0.480 e. The zero-order chi connectivity index (χ0) is 23.7. The van der Waals surface area contributed by atoms with E-state index in [1.165, 1.54) is 129 Å². The summed E-state index contributed by atoms with van der Waals surface area (Å²) in [6.07, 6.45) is 27.7. The zero-order valence-electron chi connectivity index (χ0n) is 21.3. The van der Waals surface area contributed by atoms with E-state index in [-0.39, 0.29) is 5.91 Å². The number of carboxylic acids is 1. The second kappa shape index (κ2) is 24.9. The van der Waals surface area contributed by atoms with E-state index in [2.05, 4.69) is 12.2 Å². The molecule has 0 aromatic carbocycles. The van der Waals surface area contributed by atoms with Gasteiger partial charge in [0.1, 0.15) is 6.04 Å². The number of hydrogen-bond donors (Lipinski definition) is 2. The summed E-state index contributed by atoms with van der Waals surface area (Å²) in [7, 11) is 0. The molecule has 5 heteroatoms. The number of carbonyl (C=O) groups is 2. The topological polar surface area (TPSA) is 66.4 Å². The number of carboxylic acid groups (broad SMARTS) is 1. The van der Waals surface area contributed by atoms with Gasteiger partial charge < -0.3 is 10.4 Å². The largest absolute Gasteiger partial charge is 0.480 e. The van der Waals surface area contributed by atoms with Crippen LogP contribution in [0.25, 0.3) is 0 Å². The van der Waals surface area contributed by atoms with Crippen LogP contribution >= 0.6 is 11.8 Å². The van der Waals surface area contributed by atoms with Crippen LogP contribution in [-0.4, -0.2) is 34.5 Å². The number of thioether (sulfide) groups is 1. The maximum atomic E-state index is 11.1. The van der Waals surface area contributed by atoms with Crippen molar-refractivity contribution in [2.75, 3.05) is 11.5 Å². The lowest BCUT2D eigenvalue weighted by molar-refractivity contribution is -0.140. The van der Waals surface area contributed by atoms with Gasteiger partial charge in [-0.3, -0.25) is 4.79 Å². The van der Waals surface area contributed by atoms with Crippen molar-refractivity contribution in [3.8, 4) is 0 Å². The number of amides is 1. The van der Waals surface area contributed by atoms with Crippen LogP contribution in [-0.2, 0) is 9.59 Å². The van der Waals surface area contributed by atoms with Gasteiger partial charge in [0, 0.05) is 12.7 Å². The van der Waals surface area contributed by atoms with E-state index in [9.17, 15) is 9.59 Å². The van der Waals surface area contributed by atoms with Gasteiger partial charge in [-0.15, -0.1) is 0 Å². The normalized spacial score (nSPS) is 12.1. The summed E-state index contributed by atoms with van der Waals surface area (Å²) in [5, 5.41) is 11.5. The van der Waals surface area contributed by atoms with Gasteiger partial charge >= 0.3 is 5.97 Å². The molecule has 0 bridgehead atoms. The van der Waals surface area contributed by atoms with Crippen molar-refractivity contribution in [3.63, 3.8) is 0 Å². The molecule has 0 saturated carbocycles. The lowest BCUT2D eigenvalue weighted by Crippen LogP contribution is -2.41. The van der Waals surface area contributed by atoms with Crippen LogP contribution in [0.4, 0.5) is 0 Å². The van der Waals surface area contributed by atoms with Gasteiger partial charge in [0.15, 0.2) is 0 Å². The lowest BCUT2D eigenvalue weighted by Gasteiger charge is -2.12. The first-order valence-corrected chi connectivity index (χ1v) is 14.8. The standard InChI is InChI=1S/C27H53NO3S/c1-3-4-5-6-7-8-9-10-11-12-13-14-15-16-17-18-19-20-21-22-23-32-24-26(27(30)31)28-25(2)29/h26H,3-24H2,1-2H3,(H,28,29)(H,30,31)/t26-/m0/s1. The van der Waals surface area contributed by atoms with E-state index in [0.29, 0.717) is 5.75 Å². The van der Waals surface area contributed by atoms with Gasteiger partial charge in [0.05, 0.1) is 0 Å². The molecule has 0 spiro atoms. The van der Waals surface area contributed by atoms with Crippen LogP contribution in [0.15, 0.2) is 0 Å². The lowest BCUT2D eigenvalue weighted by atomic mass is 10.0. The van der Waals surface area contributed by atoms with Crippen molar-refractivity contribution in [3.05, 3.63) is 0 Å². The average molecular weight is 472 g/mol. The van der Waals surface area contributed by atoms with Crippen LogP contribution < -0.4 is 5.32 Å². The van der Waals surface area contributed by atoms with Crippen LogP contribution in [0.1, 0.15) is 142 Å². The van der Waals surface area contributed by atoms with Gasteiger partial charge in [-0.25, -0.2) is 4.79 Å². The first-order valence-electron chi connectivity index (χ1n) is 13.7. The SMILES string of the molecule is CCCCCCCCCCCCCCCCCCCCCCSC[C@H](NC(C)=O)C(=O)O. The van der Waals surface area contributed by atoms with Gasteiger partial charge in [0.2, 0.25) is 5.91 Å². The Morgan fingerprint density at radius 3 is 1.31 bits per heavy atom. The fourth-order valence-electron chi connectivity index (χ4n) is 4.08. The average Bonchev–Trinajstić information content (AvgIpc) is 2.76. The first-order chi connectivity index (χ1) is 15.6. The Morgan fingerprint density at radius 2 is 1.00 bits per heavy atom. The van der Waals surface area contributed by atoms with Crippen LogP contribution in [0.5, 0.6) is 0 Å². The Hall–Kier alpha value is -0.710. The molecule has 0 aliphatic rings. The summed E-state index contributed by atoms with van der Waals surface area (Å²) >= 11 is 1.63. The van der Waals surface area contributed by atoms with Gasteiger partial charge in [0.25, 0.3) is 0 Å². The number of rotatable bonds is 25. The maximum absolute atomic E-state index is 11.1. The molecule has 0 rings (SSSR count). The second-order valence-corrected chi connectivity index (χ2v) is 10.5. The molecule has 0 aromatic rings. The Morgan fingerprint density at radius 1 is 0.656 bits per heavy atom. The summed E-state index contributed by atoms with van der Waals surface area (Å²) in [6, 6.07) is -0.761. The number of nitrogens with one attached hydrogen (secondary N) is 1. The highest BCUT2D eigenvalue weighted by Gasteiger charge is 2.17. The van der Waals surface area contributed by atoms with E-state index in [4.69, 9.17) is 5.11 Å². The molecule has 0 aliphatic carbocycles. The molecule has 0 fully saturated rings. The predicted octanol–water partition coefficient (Wildman–Crippen LogP) is 8.13. The molecule has 32 heavy (non-hydrogen) atoms. The molecular weight excluding hydrogens is 418 g/mol. The van der Waals surface area contributed by atoms with Crippen molar-refractivity contribution in [2.24, 2.45) is 0 Å². The number of unbranched alkanes of at least 4 members (excludes halogenated alkanes) is 19. The fourth-order valence-corrected chi connectivity index (χ4v) is 5.12. The van der Waals surface area contributed by atoms with Crippen molar-refractivity contribution in [2.45, 2.75) is 148 Å². The monoisotopic (exact) mass is 471 g/mol. The Balaban J connectivity index is 3.19. The van der Waals surface area contributed by atoms with Gasteiger partial charge in [-0.1, -0.05) is 129 Å². The second-order valence-electron chi connectivity index (χ2n) is 9.38. The van der Waals surface area contributed by atoms with Crippen molar-refractivity contribution in [1.82, 2.24) is 5.32 Å². The van der Waals surface area contributed by atoms with Crippen LogP contribution in [0.3, 0.4) is 0 Å². The molecule has 0 unspecified atom stereocenters. The molecule has 0 heterocycles. The van der Waals surface area contributed by atoms with E-state index in [0.717, 1.165) is 12.2 Å². The molecule has 0 saturated heterocycles. The molecule has 0 aromatic heterocycles. The first kappa shape index (κ1) is 31.3. The number of aliphatic carboxylic acids is 1. The molecule has 2 N–H and O–H groups in total. The highest BCUT2D eigenvalue weighted by molar-refractivity contribution is 7.99. The van der Waals surface area contributed by atoms with Crippen LogP contribution in [0, 0.1) is 0 Å². The number of carbonyl (C=O) groups excluding carboxylic acids is 1. The Kier molecular flexibility index (Phi) is 24.4. The Bertz CT molecular complexity index is 431. The molecular formula is C27H53NO3S. The van der Waals surface area contributed by atoms with Gasteiger partial charge in [-0.05, 0) is 12.2 Å². The predicted molar refractivity (Wildman–Crippen MR) is 141 cm³/mol. The number of hydrogen-bond acceptors (Lipinski definition) is 3. The van der Waals surface area contributed by atoms with Crippen LogP contribution in [0.2, 0.25) is 0 Å². The van der Waals surface area contributed by atoms with Crippen molar-refractivity contribution >= 4 is 23.6 Å². The highest BCUT2D eigenvalue weighted by atomic mass is 32.2. The minimum atomic E-state index is -0.948. The molecule has 0 radical (unpaired) electrons. The summed E-state index contributed by atoms with van der Waals surface area (Å²) in [4.78, 5) is 22.1. The molecule has 1 amide bonds. The summed E-state index contributed by atoms with van der Waals surface area (Å²) in [5.41, 5.74) is 0. The molecule has 190 valence electrons. The third kappa shape index (κ3) is 23.9. The van der Waals surface area contributed by atoms with Gasteiger partial charge in [-0.2, -0.15) is 11.8 Å².